The molecule has 4 aromatic rings. The molecule has 0 aliphatic heterocycles. The van der Waals surface area contributed by atoms with Crippen molar-refractivity contribution in [2.75, 3.05) is 12.4 Å². The number of ketones is 1. The summed E-state index contributed by atoms with van der Waals surface area (Å²) in [4.78, 5) is 29.5. The Hall–Kier alpha value is -4.33. The van der Waals surface area contributed by atoms with Crippen LogP contribution in [0, 0.1) is 0 Å². The molecule has 0 aliphatic rings. The number of rotatable bonds is 14. The van der Waals surface area contributed by atoms with E-state index >= 15 is 0 Å². The van der Waals surface area contributed by atoms with Crippen LogP contribution in [0.5, 0.6) is 17.4 Å². The lowest BCUT2D eigenvalue weighted by molar-refractivity contribution is -0.117. The Morgan fingerprint density at radius 2 is 1.54 bits per heavy atom. The van der Waals surface area contributed by atoms with Gasteiger partial charge in [-0.15, -0.1) is 0 Å². The van der Waals surface area contributed by atoms with E-state index in [-0.39, 0.29) is 5.78 Å². The standard InChI is InChI=1S/C31H35N5O3/c1-4-23-19-32-29(33-20-23)17-12-26-18-30(39-28-15-8-24(9-16-28)7-5-6-22(2)37)36-31(35-26)34-21-25-10-13-27(38-3)14-11-25/h8-11,13-16,18-20H,4-7,12,17,21H2,1-3H3,(H,34,35,36). The lowest BCUT2D eigenvalue weighted by atomic mass is 10.1. The zero-order valence-electron chi connectivity index (χ0n) is 22.8. The van der Waals surface area contributed by atoms with Gasteiger partial charge in [0.1, 0.15) is 23.1 Å². The van der Waals surface area contributed by atoms with E-state index < -0.39 is 0 Å². The lowest BCUT2D eigenvalue weighted by Gasteiger charge is -2.11. The molecule has 0 atom stereocenters. The van der Waals surface area contributed by atoms with Crippen LogP contribution in [-0.2, 0) is 37.0 Å². The first-order valence-electron chi connectivity index (χ1n) is 13.3. The fourth-order valence-electron chi connectivity index (χ4n) is 3.98. The molecule has 4 rings (SSSR count). The summed E-state index contributed by atoms with van der Waals surface area (Å²) in [6, 6.07) is 17.6. The van der Waals surface area contributed by atoms with Crippen molar-refractivity contribution in [2.45, 2.75) is 58.9 Å². The van der Waals surface area contributed by atoms with Gasteiger partial charge in [0.05, 0.1) is 12.8 Å². The molecule has 2 aromatic carbocycles. The fraction of sp³-hybridized carbons (Fsp3) is 0.323. The fourth-order valence-corrected chi connectivity index (χ4v) is 3.98. The van der Waals surface area contributed by atoms with Crippen LogP contribution in [-0.4, -0.2) is 32.8 Å². The van der Waals surface area contributed by atoms with Crippen molar-refractivity contribution in [1.82, 2.24) is 19.9 Å². The Morgan fingerprint density at radius 3 is 2.21 bits per heavy atom. The van der Waals surface area contributed by atoms with E-state index in [0.717, 1.165) is 47.7 Å². The summed E-state index contributed by atoms with van der Waals surface area (Å²) in [6.07, 6.45) is 8.28. The van der Waals surface area contributed by atoms with E-state index in [1.54, 1.807) is 14.0 Å². The molecule has 0 saturated carbocycles. The maximum absolute atomic E-state index is 11.2. The van der Waals surface area contributed by atoms with E-state index in [2.05, 4.69) is 27.2 Å². The van der Waals surface area contributed by atoms with Gasteiger partial charge in [0.25, 0.3) is 0 Å². The van der Waals surface area contributed by atoms with Crippen molar-refractivity contribution >= 4 is 11.7 Å². The molecule has 0 amide bonds. The van der Waals surface area contributed by atoms with Gasteiger partial charge in [-0.3, -0.25) is 0 Å². The molecule has 0 bridgehead atoms. The molecule has 1 N–H and O–H groups in total. The molecule has 0 radical (unpaired) electrons. The summed E-state index contributed by atoms with van der Waals surface area (Å²) in [7, 11) is 1.65. The van der Waals surface area contributed by atoms with Crippen LogP contribution in [0.15, 0.2) is 67.0 Å². The molecule has 8 nitrogen and oxygen atoms in total. The molecule has 0 unspecified atom stereocenters. The summed E-state index contributed by atoms with van der Waals surface area (Å²) < 4.78 is 11.4. The van der Waals surface area contributed by atoms with Crippen molar-refractivity contribution in [3.05, 3.63) is 95.2 Å². The van der Waals surface area contributed by atoms with Crippen LogP contribution in [0.2, 0.25) is 0 Å². The van der Waals surface area contributed by atoms with Gasteiger partial charge >= 0.3 is 0 Å². The number of methoxy groups -OCH3 is 1. The second-order valence-electron chi connectivity index (χ2n) is 9.39. The molecule has 2 aromatic heterocycles. The molecule has 202 valence electrons. The first-order valence-corrected chi connectivity index (χ1v) is 13.3. The number of aromatic nitrogens is 4. The third kappa shape index (κ3) is 8.88. The highest BCUT2D eigenvalue weighted by Gasteiger charge is 2.09. The summed E-state index contributed by atoms with van der Waals surface area (Å²) in [5, 5.41) is 3.32. The minimum atomic E-state index is 0.218. The van der Waals surface area contributed by atoms with Gasteiger partial charge in [-0.2, -0.15) is 4.98 Å². The highest BCUT2D eigenvalue weighted by Crippen LogP contribution is 2.23. The van der Waals surface area contributed by atoms with E-state index in [9.17, 15) is 4.79 Å². The highest BCUT2D eigenvalue weighted by molar-refractivity contribution is 5.75. The largest absolute Gasteiger partial charge is 0.497 e. The molecule has 0 saturated heterocycles. The topological polar surface area (TPSA) is 99.1 Å². The van der Waals surface area contributed by atoms with Crippen molar-refractivity contribution in [2.24, 2.45) is 0 Å². The number of carbonyl (C=O) groups excluding carboxylic acids is 1. The first-order chi connectivity index (χ1) is 19.0. The predicted molar refractivity (Wildman–Crippen MR) is 151 cm³/mol. The van der Waals surface area contributed by atoms with E-state index in [0.29, 0.717) is 43.4 Å². The number of aryl methyl sites for hydroxylation is 4. The molecule has 0 spiro atoms. The van der Waals surface area contributed by atoms with Crippen molar-refractivity contribution in [3.8, 4) is 17.4 Å². The number of nitrogens with one attached hydrogen (secondary N) is 1. The number of hydrogen-bond donors (Lipinski definition) is 1. The Balaban J connectivity index is 1.47. The van der Waals surface area contributed by atoms with Crippen molar-refractivity contribution in [3.63, 3.8) is 0 Å². The number of benzene rings is 2. The average molecular weight is 526 g/mol. The van der Waals surface area contributed by atoms with E-state index in [1.807, 2.05) is 67.0 Å². The number of anilines is 1. The second kappa shape index (κ2) is 14.0. The van der Waals surface area contributed by atoms with Crippen LogP contribution in [0.4, 0.5) is 5.95 Å². The number of carbonyl (C=O) groups is 1. The molecule has 39 heavy (non-hydrogen) atoms. The summed E-state index contributed by atoms with van der Waals surface area (Å²) >= 11 is 0. The normalized spacial score (nSPS) is 10.7. The van der Waals surface area contributed by atoms with Crippen LogP contribution >= 0.6 is 0 Å². The molecular formula is C31H35N5O3. The van der Waals surface area contributed by atoms with Crippen molar-refractivity contribution in [1.29, 1.82) is 0 Å². The minimum absolute atomic E-state index is 0.218. The molecule has 8 heteroatoms. The molecule has 2 heterocycles. The zero-order valence-corrected chi connectivity index (χ0v) is 22.8. The maximum Gasteiger partial charge on any atom is 0.226 e. The molecular weight excluding hydrogens is 490 g/mol. The number of hydrogen-bond acceptors (Lipinski definition) is 8. The van der Waals surface area contributed by atoms with Crippen molar-refractivity contribution < 1.29 is 14.3 Å². The third-order valence-electron chi connectivity index (χ3n) is 6.28. The average Bonchev–Trinajstić information content (AvgIpc) is 2.96. The molecule has 0 fully saturated rings. The Bertz CT molecular complexity index is 1270. The third-order valence-corrected chi connectivity index (χ3v) is 6.28. The van der Waals surface area contributed by atoms with Crippen LogP contribution < -0.4 is 14.8 Å². The monoisotopic (exact) mass is 525 g/mol. The Morgan fingerprint density at radius 1 is 0.846 bits per heavy atom. The summed E-state index contributed by atoms with van der Waals surface area (Å²) in [5.41, 5.74) is 4.20. The lowest BCUT2D eigenvalue weighted by Crippen LogP contribution is -2.07. The van der Waals surface area contributed by atoms with Crippen LogP contribution in [0.1, 0.15) is 54.9 Å². The predicted octanol–water partition coefficient (Wildman–Crippen LogP) is 5.94. The van der Waals surface area contributed by atoms with Gasteiger partial charge < -0.3 is 19.6 Å². The second-order valence-corrected chi connectivity index (χ2v) is 9.39. The van der Waals surface area contributed by atoms with Gasteiger partial charge in [-0.05, 0) is 73.6 Å². The molecule has 0 aliphatic carbocycles. The maximum atomic E-state index is 11.2. The van der Waals surface area contributed by atoms with Crippen LogP contribution in [0.3, 0.4) is 0 Å². The Kier molecular flexibility index (Phi) is 9.94. The minimum Gasteiger partial charge on any atom is -0.497 e. The van der Waals surface area contributed by atoms with Gasteiger partial charge in [-0.25, -0.2) is 15.0 Å². The van der Waals surface area contributed by atoms with Crippen LogP contribution in [0.25, 0.3) is 0 Å². The summed E-state index contributed by atoms with van der Waals surface area (Å²) in [5.74, 6) is 3.45. The highest BCUT2D eigenvalue weighted by atomic mass is 16.5. The van der Waals surface area contributed by atoms with Gasteiger partial charge in [0.15, 0.2) is 0 Å². The van der Waals surface area contributed by atoms with E-state index in [1.165, 1.54) is 5.56 Å². The number of nitrogens with zero attached hydrogens (tertiary/aromatic N) is 4. The SMILES string of the molecule is CCc1cnc(CCc2cc(Oc3ccc(CCCC(C)=O)cc3)nc(NCc3ccc(OC)cc3)n2)nc1. The van der Waals surface area contributed by atoms with E-state index in [4.69, 9.17) is 14.5 Å². The first kappa shape index (κ1) is 27.7. The summed E-state index contributed by atoms with van der Waals surface area (Å²) in [6.45, 7) is 4.27. The number of Topliss-reactive ketones (excluding diaryl/α,β-unsaturated/α-hetero) is 1. The van der Waals surface area contributed by atoms with Gasteiger partial charge in [0, 0.05) is 37.8 Å². The van der Waals surface area contributed by atoms with Gasteiger partial charge in [-0.1, -0.05) is 31.2 Å². The number of ether oxygens (including phenoxy) is 2. The quantitative estimate of drug-likeness (QED) is 0.216. The smallest absolute Gasteiger partial charge is 0.226 e. The van der Waals surface area contributed by atoms with Gasteiger partial charge in [0.2, 0.25) is 11.8 Å². The Labute approximate surface area is 229 Å². The zero-order chi connectivity index (χ0) is 27.5.